The number of aliphatic hydroxyl groups is 1. The zero-order chi connectivity index (χ0) is 15.9. The molecule has 1 aromatic carbocycles. The van der Waals surface area contributed by atoms with Gasteiger partial charge in [0.25, 0.3) is 0 Å². The second kappa shape index (κ2) is 7.81. The van der Waals surface area contributed by atoms with Crippen molar-refractivity contribution in [1.29, 1.82) is 0 Å². The summed E-state index contributed by atoms with van der Waals surface area (Å²) < 4.78 is 22.2. The maximum Gasteiger partial charge on any atom is 0.237 e. The van der Waals surface area contributed by atoms with Gasteiger partial charge < -0.3 is 10.0 Å². The Hall–Kier alpha value is -1.84. The molecule has 0 unspecified atom stereocenters. The molecular weight excluding hydrogens is 290 g/mol. The average Bonchev–Trinajstić information content (AvgIpc) is 2.37. The summed E-state index contributed by atoms with van der Waals surface area (Å²) in [4.78, 5) is 13.1. The number of hydrogen-bond acceptors (Lipinski definition) is 4. The second-order valence-electron chi connectivity index (χ2n) is 4.80. The molecule has 0 aliphatic rings. The van der Waals surface area contributed by atoms with Crippen LogP contribution in [0.5, 0.6) is 0 Å². The van der Waals surface area contributed by atoms with Crippen LogP contribution in [0.2, 0.25) is 0 Å². The fraction of sp³-hybridized carbons (Fsp3) is 0.400. The van der Waals surface area contributed by atoms with Crippen LogP contribution in [0.15, 0.2) is 24.3 Å². The van der Waals surface area contributed by atoms with Gasteiger partial charge in [-0.05, 0) is 17.7 Å². The summed E-state index contributed by atoms with van der Waals surface area (Å²) in [6.45, 7) is 0.347. The standard InChI is InChI=1S/C15H19NO4S/c1-16(15(18)12-21(2,19)20)11-14-8-5-7-13(10-14)6-3-4-9-17/h5,7-8,10,17H,4,9,11-12H2,1-2H3. The van der Waals surface area contributed by atoms with E-state index < -0.39 is 21.5 Å². The van der Waals surface area contributed by atoms with E-state index in [0.717, 1.165) is 17.4 Å². The van der Waals surface area contributed by atoms with Gasteiger partial charge in [-0.3, -0.25) is 4.79 Å². The van der Waals surface area contributed by atoms with E-state index in [0.29, 0.717) is 13.0 Å². The van der Waals surface area contributed by atoms with Crippen LogP contribution in [0, 0.1) is 11.8 Å². The minimum absolute atomic E-state index is 0.0232. The Bertz CT molecular complexity index is 656. The third kappa shape index (κ3) is 6.93. The van der Waals surface area contributed by atoms with Crippen LogP contribution in [-0.2, 0) is 21.2 Å². The van der Waals surface area contributed by atoms with Crippen molar-refractivity contribution in [2.24, 2.45) is 0 Å². The van der Waals surface area contributed by atoms with Crippen molar-refractivity contribution < 1.29 is 18.3 Å². The Morgan fingerprint density at radius 2 is 2.10 bits per heavy atom. The van der Waals surface area contributed by atoms with E-state index in [4.69, 9.17) is 5.11 Å². The molecule has 0 fully saturated rings. The number of carbonyl (C=O) groups excluding carboxylic acids is 1. The molecule has 0 aliphatic carbocycles. The Morgan fingerprint density at radius 3 is 2.71 bits per heavy atom. The molecule has 0 saturated heterocycles. The first-order valence-corrected chi connectivity index (χ1v) is 8.48. The molecular formula is C15H19NO4S. The van der Waals surface area contributed by atoms with Gasteiger partial charge in [-0.25, -0.2) is 8.42 Å². The highest BCUT2D eigenvalue weighted by Gasteiger charge is 2.15. The molecule has 5 nitrogen and oxygen atoms in total. The predicted molar refractivity (Wildman–Crippen MR) is 81.2 cm³/mol. The predicted octanol–water partition coefficient (Wildman–Crippen LogP) is 0.424. The Kier molecular flexibility index (Phi) is 6.40. The maximum absolute atomic E-state index is 11.7. The van der Waals surface area contributed by atoms with Gasteiger partial charge in [0.1, 0.15) is 5.75 Å². The highest BCUT2D eigenvalue weighted by molar-refractivity contribution is 7.91. The van der Waals surface area contributed by atoms with Gasteiger partial charge in [0, 0.05) is 31.8 Å². The Balaban J connectivity index is 2.73. The van der Waals surface area contributed by atoms with Crippen molar-refractivity contribution >= 4 is 15.7 Å². The van der Waals surface area contributed by atoms with E-state index in [1.165, 1.54) is 4.90 Å². The van der Waals surface area contributed by atoms with Crippen LogP contribution in [0.25, 0.3) is 0 Å². The largest absolute Gasteiger partial charge is 0.395 e. The van der Waals surface area contributed by atoms with Gasteiger partial charge >= 0.3 is 0 Å². The lowest BCUT2D eigenvalue weighted by atomic mass is 10.1. The van der Waals surface area contributed by atoms with E-state index in [2.05, 4.69) is 11.8 Å². The molecule has 1 N–H and O–H groups in total. The number of hydrogen-bond donors (Lipinski definition) is 1. The smallest absolute Gasteiger partial charge is 0.237 e. The summed E-state index contributed by atoms with van der Waals surface area (Å²) in [5.74, 6) is 4.82. The highest BCUT2D eigenvalue weighted by atomic mass is 32.2. The normalized spacial score (nSPS) is 10.6. The van der Waals surface area contributed by atoms with Crippen LogP contribution >= 0.6 is 0 Å². The lowest BCUT2D eigenvalue weighted by molar-refractivity contribution is -0.127. The third-order valence-electron chi connectivity index (χ3n) is 2.63. The summed E-state index contributed by atoms with van der Waals surface area (Å²) in [7, 11) is -1.75. The average molecular weight is 309 g/mol. The second-order valence-corrected chi connectivity index (χ2v) is 6.94. The molecule has 0 spiro atoms. The fourth-order valence-electron chi connectivity index (χ4n) is 1.66. The van der Waals surface area contributed by atoms with Crippen molar-refractivity contribution in [1.82, 2.24) is 4.90 Å². The summed E-state index contributed by atoms with van der Waals surface area (Å²) in [6.07, 6.45) is 1.45. The van der Waals surface area contributed by atoms with Gasteiger partial charge in [0.05, 0.1) is 6.61 Å². The first-order chi connectivity index (χ1) is 9.81. The molecule has 0 saturated carbocycles. The number of amides is 1. The third-order valence-corrected chi connectivity index (χ3v) is 3.40. The Labute approximate surface area is 125 Å². The van der Waals surface area contributed by atoms with E-state index in [1.807, 2.05) is 24.3 Å². The molecule has 114 valence electrons. The van der Waals surface area contributed by atoms with E-state index >= 15 is 0 Å². The molecule has 0 radical (unpaired) electrons. The summed E-state index contributed by atoms with van der Waals surface area (Å²) in [5.41, 5.74) is 1.67. The van der Waals surface area contributed by atoms with Crippen molar-refractivity contribution in [3.63, 3.8) is 0 Å². The van der Waals surface area contributed by atoms with Crippen molar-refractivity contribution in [2.75, 3.05) is 25.7 Å². The molecule has 1 rings (SSSR count). The van der Waals surface area contributed by atoms with Crippen LogP contribution in [0.3, 0.4) is 0 Å². The molecule has 1 amide bonds. The van der Waals surface area contributed by atoms with Crippen LogP contribution in [0.1, 0.15) is 17.5 Å². The van der Waals surface area contributed by atoms with E-state index in [9.17, 15) is 13.2 Å². The lowest BCUT2D eigenvalue weighted by Gasteiger charge is -2.16. The zero-order valence-corrected chi connectivity index (χ0v) is 13.0. The van der Waals surface area contributed by atoms with E-state index in [-0.39, 0.29) is 6.61 Å². The van der Waals surface area contributed by atoms with Crippen molar-refractivity contribution in [2.45, 2.75) is 13.0 Å². The summed E-state index contributed by atoms with van der Waals surface area (Å²) in [5, 5.41) is 8.68. The highest BCUT2D eigenvalue weighted by Crippen LogP contribution is 2.07. The fourth-order valence-corrected chi connectivity index (χ4v) is 2.33. The van der Waals surface area contributed by atoms with Crippen LogP contribution < -0.4 is 0 Å². The minimum Gasteiger partial charge on any atom is -0.395 e. The molecule has 0 heterocycles. The number of benzene rings is 1. The minimum atomic E-state index is -3.32. The van der Waals surface area contributed by atoms with Gasteiger partial charge in [0.2, 0.25) is 5.91 Å². The molecule has 6 heteroatoms. The molecule has 1 aromatic rings. The summed E-state index contributed by atoms with van der Waals surface area (Å²) >= 11 is 0. The quantitative estimate of drug-likeness (QED) is 0.800. The molecule has 0 bridgehead atoms. The number of aliphatic hydroxyl groups excluding tert-OH is 1. The maximum atomic E-state index is 11.7. The topological polar surface area (TPSA) is 74.7 Å². The molecule has 0 aromatic heterocycles. The first kappa shape index (κ1) is 17.2. The monoisotopic (exact) mass is 309 g/mol. The number of rotatable bonds is 5. The number of carbonyl (C=O) groups is 1. The van der Waals surface area contributed by atoms with Gasteiger partial charge in [-0.1, -0.05) is 24.0 Å². The number of sulfone groups is 1. The van der Waals surface area contributed by atoms with Gasteiger partial charge in [0.15, 0.2) is 9.84 Å². The van der Waals surface area contributed by atoms with Gasteiger partial charge in [-0.2, -0.15) is 0 Å². The van der Waals surface area contributed by atoms with Gasteiger partial charge in [-0.15, -0.1) is 0 Å². The SMILES string of the molecule is CN(Cc1cccc(C#CCCO)c1)C(=O)CS(C)(=O)=O. The molecule has 0 aliphatic heterocycles. The summed E-state index contributed by atoms with van der Waals surface area (Å²) in [6, 6.07) is 7.36. The van der Waals surface area contributed by atoms with Crippen LogP contribution in [-0.4, -0.2) is 50.0 Å². The zero-order valence-electron chi connectivity index (χ0n) is 12.2. The lowest BCUT2D eigenvalue weighted by Crippen LogP contribution is -2.31. The number of nitrogens with zero attached hydrogens (tertiary/aromatic N) is 1. The first-order valence-electron chi connectivity index (χ1n) is 6.42. The molecule has 0 atom stereocenters. The van der Waals surface area contributed by atoms with Crippen molar-refractivity contribution in [3.8, 4) is 11.8 Å². The van der Waals surface area contributed by atoms with E-state index in [1.54, 1.807) is 7.05 Å². The Morgan fingerprint density at radius 1 is 1.38 bits per heavy atom. The van der Waals surface area contributed by atoms with Crippen molar-refractivity contribution in [3.05, 3.63) is 35.4 Å². The molecule has 21 heavy (non-hydrogen) atoms. The van der Waals surface area contributed by atoms with Crippen LogP contribution in [0.4, 0.5) is 0 Å².